The summed E-state index contributed by atoms with van der Waals surface area (Å²) in [6, 6.07) is 6.54. The molecular weight excluding hydrogens is 338 g/mol. The fraction of sp³-hybridized carbons (Fsp3) is 0.467. The highest BCUT2D eigenvalue weighted by atomic mass is 32.2. The second kappa shape index (κ2) is 7.35. The molecule has 1 saturated heterocycles. The lowest BCUT2D eigenvalue weighted by Crippen LogP contribution is -2.49. The van der Waals surface area contributed by atoms with Crippen molar-refractivity contribution in [2.24, 2.45) is 0 Å². The molecule has 0 aromatic heterocycles. The van der Waals surface area contributed by atoms with Gasteiger partial charge in [0.05, 0.1) is 5.56 Å². The van der Waals surface area contributed by atoms with Gasteiger partial charge in [0.25, 0.3) is 0 Å². The van der Waals surface area contributed by atoms with Crippen LogP contribution in [-0.4, -0.2) is 60.0 Å². The Labute approximate surface area is 139 Å². The van der Waals surface area contributed by atoms with Gasteiger partial charge in [-0.15, -0.1) is 0 Å². The van der Waals surface area contributed by atoms with E-state index in [4.69, 9.17) is 5.11 Å². The van der Waals surface area contributed by atoms with Crippen molar-refractivity contribution >= 4 is 33.5 Å². The highest BCUT2D eigenvalue weighted by molar-refractivity contribution is 8.00. The van der Waals surface area contributed by atoms with Gasteiger partial charge in [0.2, 0.25) is 5.91 Å². The zero-order chi connectivity index (χ0) is 17.0. The summed E-state index contributed by atoms with van der Waals surface area (Å²) in [5.41, 5.74) is 0.754. The first-order chi connectivity index (χ1) is 10.8. The van der Waals surface area contributed by atoms with Crippen LogP contribution in [0.3, 0.4) is 0 Å². The second-order valence-electron chi connectivity index (χ2n) is 5.41. The molecule has 0 spiro atoms. The molecule has 2 rings (SSSR count). The summed E-state index contributed by atoms with van der Waals surface area (Å²) < 4.78 is 23.7. The first-order valence-electron chi connectivity index (χ1n) is 7.18. The van der Waals surface area contributed by atoms with Gasteiger partial charge in [-0.3, -0.25) is 4.79 Å². The Morgan fingerprint density at radius 1 is 1.35 bits per heavy atom. The molecule has 0 radical (unpaired) electrons. The van der Waals surface area contributed by atoms with Gasteiger partial charge in [0.1, 0.15) is 5.37 Å². The molecule has 1 aliphatic heterocycles. The standard InChI is InChI=1S/C15H19NO5S2/c1-23(20,21)14-10-22-9-8-16(14)13(17)7-6-11-4-2-3-5-12(11)15(18)19/h2-5,14H,6-10H2,1H3,(H,18,19). The molecule has 1 atom stereocenters. The molecule has 1 aliphatic rings. The molecule has 0 aliphatic carbocycles. The minimum Gasteiger partial charge on any atom is -0.478 e. The first-order valence-corrected chi connectivity index (χ1v) is 10.3. The molecule has 0 bridgehead atoms. The van der Waals surface area contributed by atoms with Crippen molar-refractivity contribution in [2.45, 2.75) is 18.2 Å². The van der Waals surface area contributed by atoms with E-state index >= 15 is 0 Å². The number of carboxylic acids is 1. The number of aryl methyl sites for hydroxylation is 1. The predicted molar refractivity (Wildman–Crippen MR) is 89.4 cm³/mol. The van der Waals surface area contributed by atoms with Gasteiger partial charge in [-0.2, -0.15) is 11.8 Å². The zero-order valence-electron chi connectivity index (χ0n) is 12.8. The maximum Gasteiger partial charge on any atom is 0.335 e. The van der Waals surface area contributed by atoms with Crippen LogP contribution in [0.1, 0.15) is 22.3 Å². The van der Waals surface area contributed by atoms with E-state index < -0.39 is 21.2 Å². The molecule has 0 saturated carbocycles. The topological polar surface area (TPSA) is 91.8 Å². The minimum atomic E-state index is -3.33. The Kier molecular flexibility index (Phi) is 5.69. The average molecular weight is 357 g/mol. The van der Waals surface area contributed by atoms with Crippen LogP contribution in [0.2, 0.25) is 0 Å². The van der Waals surface area contributed by atoms with Crippen LogP contribution in [0.15, 0.2) is 24.3 Å². The summed E-state index contributed by atoms with van der Waals surface area (Å²) in [5, 5.41) is 8.36. The largest absolute Gasteiger partial charge is 0.478 e. The molecule has 126 valence electrons. The van der Waals surface area contributed by atoms with Gasteiger partial charge in [0, 0.05) is 30.7 Å². The lowest BCUT2D eigenvalue weighted by atomic mass is 10.0. The highest BCUT2D eigenvalue weighted by Crippen LogP contribution is 2.22. The molecule has 23 heavy (non-hydrogen) atoms. The van der Waals surface area contributed by atoms with Crippen LogP contribution >= 0.6 is 11.8 Å². The van der Waals surface area contributed by atoms with Crippen LogP contribution in [0, 0.1) is 0 Å². The molecule has 1 aromatic rings. The maximum atomic E-state index is 12.4. The number of benzene rings is 1. The van der Waals surface area contributed by atoms with E-state index in [0.717, 1.165) is 6.26 Å². The second-order valence-corrected chi connectivity index (χ2v) is 8.76. The highest BCUT2D eigenvalue weighted by Gasteiger charge is 2.33. The average Bonchev–Trinajstić information content (AvgIpc) is 2.52. The summed E-state index contributed by atoms with van der Waals surface area (Å²) in [6.07, 6.45) is 1.52. The normalized spacial score (nSPS) is 18.7. The Bertz CT molecular complexity index is 702. The number of aromatic carboxylic acids is 1. The molecule has 1 fully saturated rings. The SMILES string of the molecule is CS(=O)(=O)C1CSCCN1C(=O)CCc1ccccc1C(=O)O. The quantitative estimate of drug-likeness (QED) is 0.853. The number of carboxylic acid groups (broad SMARTS) is 1. The Morgan fingerprint density at radius 3 is 2.70 bits per heavy atom. The van der Waals surface area contributed by atoms with Gasteiger partial charge in [-0.25, -0.2) is 13.2 Å². The number of thioether (sulfide) groups is 1. The lowest BCUT2D eigenvalue weighted by Gasteiger charge is -2.34. The van der Waals surface area contributed by atoms with Crippen LogP contribution < -0.4 is 0 Å². The van der Waals surface area contributed by atoms with E-state index in [2.05, 4.69) is 0 Å². The number of hydrogen-bond donors (Lipinski definition) is 1. The third-order valence-corrected chi connectivity index (χ3v) is 6.40. The molecule has 1 unspecified atom stereocenters. The van der Waals surface area contributed by atoms with Crippen molar-refractivity contribution in [1.29, 1.82) is 0 Å². The third kappa shape index (κ3) is 4.48. The molecule has 8 heteroatoms. The van der Waals surface area contributed by atoms with Gasteiger partial charge in [-0.05, 0) is 18.1 Å². The number of nitrogens with zero attached hydrogens (tertiary/aromatic N) is 1. The van der Waals surface area contributed by atoms with Crippen molar-refractivity contribution in [1.82, 2.24) is 4.90 Å². The summed E-state index contributed by atoms with van der Waals surface area (Å²) in [4.78, 5) is 25.0. The lowest BCUT2D eigenvalue weighted by molar-refractivity contribution is -0.131. The number of carbonyl (C=O) groups is 2. The molecule has 6 nitrogen and oxygen atoms in total. The Balaban J connectivity index is 2.08. The van der Waals surface area contributed by atoms with E-state index in [9.17, 15) is 18.0 Å². The van der Waals surface area contributed by atoms with Crippen molar-refractivity contribution < 1.29 is 23.1 Å². The first kappa shape index (κ1) is 17.8. The number of hydrogen-bond acceptors (Lipinski definition) is 5. The molecule has 1 amide bonds. The summed E-state index contributed by atoms with van der Waals surface area (Å²) in [7, 11) is -3.33. The molecule has 1 N–H and O–H groups in total. The molecule has 1 heterocycles. The van der Waals surface area contributed by atoms with Gasteiger partial charge in [0.15, 0.2) is 9.84 Å². The van der Waals surface area contributed by atoms with E-state index in [1.54, 1.807) is 18.2 Å². The van der Waals surface area contributed by atoms with Gasteiger partial charge < -0.3 is 10.0 Å². The monoisotopic (exact) mass is 357 g/mol. The maximum absolute atomic E-state index is 12.4. The predicted octanol–water partition coefficient (Wildman–Crippen LogP) is 1.26. The van der Waals surface area contributed by atoms with E-state index in [1.807, 2.05) is 0 Å². The van der Waals surface area contributed by atoms with Crippen molar-refractivity contribution in [2.75, 3.05) is 24.3 Å². The van der Waals surface area contributed by atoms with Crippen molar-refractivity contribution in [3.05, 3.63) is 35.4 Å². The van der Waals surface area contributed by atoms with E-state index in [0.29, 0.717) is 23.6 Å². The van der Waals surface area contributed by atoms with Crippen LogP contribution in [0.4, 0.5) is 0 Å². The van der Waals surface area contributed by atoms with E-state index in [1.165, 1.54) is 22.7 Å². The van der Waals surface area contributed by atoms with Crippen LogP contribution in [0.5, 0.6) is 0 Å². The van der Waals surface area contributed by atoms with E-state index in [-0.39, 0.29) is 24.3 Å². The number of amides is 1. The number of rotatable bonds is 5. The summed E-state index contributed by atoms with van der Waals surface area (Å²) in [5.74, 6) is -0.183. The number of sulfone groups is 1. The third-order valence-electron chi connectivity index (χ3n) is 3.76. The smallest absolute Gasteiger partial charge is 0.335 e. The van der Waals surface area contributed by atoms with Gasteiger partial charge in [-0.1, -0.05) is 18.2 Å². The Morgan fingerprint density at radius 2 is 2.04 bits per heavy atom. The van der Waals surface area contributed by atoms with Crippen molar-refractivity contribution in [3.63, 3.8) is 0 Å². The number of carbonyl (C=O) groups excluding carboxylic acids is 1. The van der Waals surface area contributed by atoms with Crippen LogP contribution in [0.25, 0.3) is 0 Å². The van der Waals surface area contributed by atoms with Gasteiger partial charge >= 0.3 is 5.97 Å². The van der Waals surface area contributed by atoms with Crippen LogP contribution in [-0.2, 0) is 21.1 Å². The minimum absolute atomic E-state index is 0.0982. The Hall–Kier alpha value is -1.54. The summed E-state index contributed by atoms with van der Waals surface area (Å²) >= 11 is 1.52. The fourth-order valence-corrected chi connectivity index (χ4v) is 5.39. The fourth-order valence-electron chi connectivity index (χ4n) is 2.55. The zero-order valence-corrected chi connectivity index (χ0v) is 14.4. The molecular formula is C15H19NO5S2. The molecule has 1 aromatic carbocycles. The summed E-state index contributed by atoms with van der Waals surface area (Å²) in [6.45, 7) is 0.405. The van der Waals surface area contributed by atoms with Crippen molar-refractivity contribution in [3.8, 4) is 0 Å².